The SMILES string of the molecule is COc1ccc(Cl)cc1-c1cc(=S)nc(C(C)(C)C)[nH]1. The van der Waals surface area contributed by atoms with Crippen molar-refractivity contribution in [3.63, 3.8) is 0 Å². The van der Waals surface area contributed by atoms with Crippen LogP contribution in [-0.2, 0) is 5.41 Å². The summed E-state index contributed by atoms with van der Waals surface area (Å²) in [5.74, 6) is 1.58. The first-order valence-electron chi connectivity index (χ1n) is 6.27. The average Bonchev–Trinajstić information content (AvgIpc) is 2.37. The van der Waals surface area contributed by atoms with E-state index in [1.807, 2.05) is 18.2 Å². The zero-order valence-electron chi connectivity index (χ0n) is 12.0. The average molecular weight is 309 g/mol. The molecule has 0 bridgehead atoms. The lowest BCUT2D eigenvalue weighted by molar-refractivity contribution is 0.416. The van der Waals surface area contributed by atoms with Gasteiger partial charge in [0.2, 0.25) is 0 Å². The summed E-state index contributed by atoms with van der Waals surface area (Å²) in [7, 11) is 1.63. The van der Waals surface area contributed by atoms with Gasteiger partial charge in [0.25, 0.3) is 0 Å². The predicted octanol–water partition coefficient (Wildman–Crippen LogP) is 4.77. The van der Waals surface area contributed by atoms with E-state index in [2.05, 4.69) is 30.7 Å². The molecule has 0 saturated carbocycles. The smallest absolute Gasteiger partial charge is 0.130 e. The Labute approximate surface area is 129 Å². The molecule has 2 rings (SSSR count). The molecule has 1 N–H and O–H groups in total. The van der Waals surface area contributed by atoms with Crippen molar-refractivity contribution in [2.45, 2.75) is 26.2 Å². The van der Waals surface area contributed by atoms with Crippen LogP contribution in [0.1, 0.15) is 26.6 Å². The molecule has 5 heteroatoms. The van der Waals surface area contributed by atoms with Gasteiger partial charge in [0.15, 0.2) is 0 Å². The Morgan fingerprint density at radius 3 is 2.55 bits per heavy atom. The molecule has 0 aliphatic heterocycles. The molecule has 20 heavy (non-hydrogen) atoms. The van der Waals surface area contributed by atoms with E-state index >= 15 is 0 Å². The van der Waals surface area contributed by atoms with E-state index in [4.69, 9.17) is 28.6 Å². The highest BCUT2D eigenvalue weighted by Gasteiger charge is 2.18. The maximum atomic E-state index is 6.08. The van der Waals surface area contributed by atoms with Gasteiger partial charge in [-0.3, -0.25) is 0 Å². The van der Waals surface area contributed by atoms with Crippen LogP contribution in [0, 0.1) is 4.64 Å². The minimum Gasteiger partial charge on any atom is -0.496 e. The van der Waals surface area contributed by atoms with Gasteiger partial charge in [-0.05, 0) is 24.3 Å². The summed E-state index contributed by atoms with van der Waals surface area (Å²) >= 11 is 11.3. The standard InChI is InChI=1S/C15H17ClN2OS/c1-15(2,3)14-17-11(8-13(20)18-14)10-7-9(16)5-6-12(10)19-4/h5-8H,1-4H3,(H,17,18,20). The number of rotatable bonds is 2. The maximum absolute atomic E-state index is 6.08. The van der Waals surface area contributed by atoms with Gasteiger partial charge in [0, 0.05) is 16.0 Å². The van der Waals surface area contributed by atoms with E-state index < -0.39 is 0 Å². The number of H-pyrrole nitrogens is 1. The summed E-state index contributed by atoms with van der Waals surface area (Å²) in [6.45, 7) is 6.25. The molecule has 0 fully saturated rings. The van der Waals surface area contributed by atoms with Crippen molar-refractivity contribution in [1.29, 1.82) is 0 Å². The highest BCUT2D eigenvalue weighted by Crippen LogP contribution is 2.32. The molecular weight excluding hydrogens is 292 g/mol. The molecule has 0 saturated heterocycles. The number of methoxy groups -OCH3 is 1. The van der Waals surface area contributed by atoms with Gasteiger partial charge in [0.05, 0.1) is 12.8 Å². The van der Waals surface area contributed by atoms with Crippen LogP contribution in [0.25, 0.3) is 11.3 Å². The van der Waals surface area contributed by atoms with E-state index in [-0.39, 0.29) is 5.41 Å². The molecule has 0 aliphatic rings. The molecule has 0 radical (unpaired) electrons. The van der Waals surface area contributed by atoms with Crippen molar-refractivity contribution in [2.24, 2.45) is 0 Å². The number of benzene rings is 1. The number of aromatic nitrogens is 2. The lowest BCUT2D eigenvalue weighted by Gasteiger charge is -2.19. The Morgan fingerprint density at radius 2 is 1.95 bits per heavy atom. The van der Waals surface area contributed by atoms with Crippen LogP contribution in [0.4, 0.5) is 0 Å². The van der Waals surface area contributed by atoms with Gasteiger partial charge in [0.1, 0.15) is 16.2 Å². The van der Waals surface area contributed by atoms with Crippen LogP contribution in [0.5, 0.6) is 5.75 Å². The largest absolute Gasteiger partial charge is 0.496 e. The topological polar surface area (TPSA) is 37.9 Å². The van der Waals surface area contributed by atoms with Crippen molar-refractivity contribution in [1.82, 2.24) is 9.97 Å². The highest BCUT2D eigenvalue weighted by atomic mass is 35.5. The molecule has 1 aromatic heterocycles. The minimum atomic E-state index is -0.116. The van der Waals surface area contributed by atoms with Crippen LogP contribution in [0.15, 0.2) is 24.3 Å². The Hall–Kier alpha value is -1.39. The first-order chi connectivity index (χ1) is 9.31. The molecule has 0 amide bonds. The fourth-order valence-electron chi connectivity index (χ4n) is 1.85. The summed E-state index contributed by atoms with van der Waals surface area (Å²) in [5, 5.41) is 0.647. The maximum Gasteiger partial charge on any atom is 0.130 e. The van der Waals surface area contributed by atoms with E-state index in [0.717, 1.165) is 22.8 Å². The second-order valence-electron chi connectivity index (χ2n) is 5.58. The molecule has 106 valence electrons. The summed E-state index contributed by atoms with van der Waals surface area (Å²) in [5.41, 5.74) is 1.61. The third-order valence-corrected chi connectivity index (χ3v) is 3.35. The number of hydrogen-bond donors (Lipinski definition) is 1. The molecular formula is C15H17ClN2OS. The highest BCUT2D eigenvalue weighted by molar-refractivity contribution is 7.71. The number of nitrogens with zero attached hydrogens (tertiary/aromatic N) is 1. The van der Waals surface area contributed by atoms with Gasteiger partial charge in [-0.1, -0.05) is 44.6 Å². The Bertz CT molecular complexity index is 689. The van der Waals surface area contributed by atoms with Crippen LogP contribution < -0.4 is 4.74 Å². The predicted molar refractivity (Wildman–Crippen MR) is 85.1 cm³/mol. The summed E-state index contributed by atoms with van der Waals surface area (Å²) in [6.07, 6.45) is 0. The summed E-state index contributed by atoms with van der Waals surface area (Å²) in [4.78, 5) is 7.72. The second-order valence-corrected chi connectivity index (χ2v) is 6.43. The number of nitrogens with one attached hydrogen (secondary N) is 1. The molecule has 1 heterocycles. The molecule has 2 aromatic rings. The van der Waals surface area contributed by atoms with E-state index in [9.17, 15) is 0 Å². The lowest BCUT2D eigenvalue weighted by Crippen LogP contribution is -2.16. The van der Waals surface area contributed by atoms with Gasteiger partial charge < -0.3 is 9.72 Å². The van der Waals surface area contributed by atoms with Crippen LogP contribution >= 0.6 is 23.8 Å². The van der Waals surface area contributed by atoms with Crippen molar-refractivity contribution < 1.29 is 4.74 Å². The first-order valence-corrected chi connectivity index (χ1v) is 7.05. The summed E-state index contributed by atoms with van der Waals surface area (Å²) < 4.78 is 5.93. The monoisotopic (exact) mass is 308 g/mol. The van der Waals surface area contributed by atoms with Gasteiger partial charge >= 0.3 is 0 Å². The van der Waals surface area contributed by atoms with Crippen molar-refractivity contribution in [3.05, 3.63) is 39.8 Å². The number of ether oxygens (including phenoxy) is 1. The Balaban J connectivity index is 2.67. The van der Waals surface area contributed by atoms with Gasteiger partial charge in [-0.25, -0.2) is 4.98 Å². The minimum absolute atomic E-state index is 0.116. The third-order valence-electron chi connectivity index (χ3n) is 2.90. The quantitative estimate of drug-likeness (QED) is 0.812. The number of aromatic amines is 1. The molecule has 0 aliphatic carbocycles. The lowest BCUT2D eigenvalue weighted by atomic mass is 9.95. The molecule has 0 spiro atoms. The van der Waals surface area contributed by atoms with Crippen LogP contribution in [0.3, 0.4) is 0 Å². The van der Waals surface area contributed by atoms with E-state index in [0.29, 0.717) is 9.66 Å². The number of halogens is 1. The van der Waals surface area contributed by atoms with Crippen molar-refractivity contribution >= 4 is 23.8 Å². The van der Waals surface area contributed by atoms with Crippen molar-refractivity contribution in [3.8, 4) is 17.0 Å². The molecule has 3 nitrogen and oxygen atoms in total. The molecule has 0 atom stereocenters. The number of hydrogen-bond acceptors (Lipinski definition) is 3. The van der Waals surface area contributed by atoms with Crippen molar-refractivity contribution in [2.75, 3.05) is 7.11 Å². The first kappa shape index (κ1) is 15.0. The normalized spacial score (nSPS) is 11.4. The fraction of sp³-hybridized carbons (Fsp3) is 0.333. The van der Waals surface area contributed by atoms with Crippen LogP contribution in [0.2, 0.25) is 5.02 Å². The van der Waals surface area contributed by atoms with E-state index in [1.54, 1.807) is 13.2 Å². The molecule has 0 unspecified atom stereocenters. The summed E-state index contributed by atoms with van der Waals surface area (Å²) in [6, 6.07) is 7.31. The Kier molecular flexibility index (Phi) is 4.16. The fourth-order valence-corrected chi connectivity index (χ4v) is 2.23. The zero-order chi connectivity index (χ0) is 14.9. The Morgan fingerprint density at radius 1 is 1.25 bits per heavy atom. The third kappa shape index (κ3) is 3.19. The van der Waals surface area contributed by atoms with Crippen LogP contribution in [-0.4, -0.2) is 17.1 Å². The van der Waals surface area contributed by atoms with Gasteiger partial charge in [-0.15, -0.1) is 0 Å². The molecule has 1 aromatic carbocycles. The van der Waals surface area contributed by atoms with E-state index in [1.165, 1.54) is 0 Å². The van der Waals surface area contributed by atoms with Gasteiger partial charge in [-0.2, -0.15) is 0 Å². The zero-order valence-corrected chi connectivity index (χ0v) is 13.5. The second kappa shape index (κ2) is 5.54.